The first-order valence-electron chi connectivity index (χ1n) is 8.83. The zero-order chi connectivity index (χ0) is 15.9. The van der Waals surface area contributed by atoms with Crippen molar-refractivity contribution in [3.8, 4) is 0 Å². The third-order valence-electron chi connectivity index (χ3n) is 3.93. The average molecular weight is 306 g/mol. The van der Waals surface area contributed by atoms with Gasteiger partial charge in [-0.2, -0.15) is 0 Å². The normalized spacial score (nSPS) is 21.3. The standard InChI is InChI=1S/C15H26O.C4H4O2/c16-15-13-11-9-7-5-3-1-2-4-6-8-10-12-14-15;5-4-2-1-3-6-4/h11,13H,1-10,12,14H2;1,3H,2H2. The van der Waals surface area contributed by atoms with E-state index in [2.05, 4.69) is 10.8 Å². The predicted molar refractivity (Wildman–Crippen MR) is 89.4 cm³/mol. The van der Waals surface area contributed by atoms with Crippen LogP contribution in [0.3, 0.4) is 0 Å². The van der Waals surface area contributed by atoms with Crippen LogP contribution in [0.2, 0.25) is 0 Å². The Labute approximate surface area is 134 Å². The van der Waals surface area contributed by atoms with Gasteiger partial charge in [-0.3, -0.25) is 9.59 Å². The molecule has 22 heavy (non-hydrogen) atoms. The Morgan fingerprint density at radius 1 is 0.727 bits per heavy atom. The molecule has 1 aliphatic heterocycles. The Morgan fingerprint density at radius 2 is 1.32 bits per heavy atom. The molecule has 3 heteroatoms. The zero-order valence-electron chi connectivity index (χ0n) is 13.7. The first-order valence-corrected chi connectivity index (χ1v) is 8.83. The van der Waals surface area contributed by atoms with E-state index in [0.29, 0.717) is 12.2 Å². The number of hydrogen-bond acceptors (Lipinski definition) is 3. The summed E-state index contributed by atoms with van der Waals surface area (Å²) in [5, 5.41) is 0. The molecular formula is C19H30O3. The molecular weight excluding hydrogens is 276 g/mol. The Kier molecular flexibility index (Phi) is 11.3. The quantitative estimate of drug-likeness (QED) is 0.574. The molecule has 0 N–H and O–H groups in total. The third kappa shape index (κ3) is 11.3. The van der Waals surface area contributed by atoms with Gasteiger partial charge in [0.2, 0.25) is 0 Å². The molecule has 0 aromatic heterocycles. The van der Waals surface area contributed by atoms with Crippen LogP contribution in [0.25, 0.3) is 0 Å². The van der Waals surface area contributed by atoms with E-state index in [1.807, 2.05) is 0 Å². The molecule has 2 aliphatic rings. The number of carbonyl (C=O) groups excluding carboxylic acids is 2. The molecule has 0 spiro atoms. The molecule has 0 atom stereocenters. The van der Waals surface area contributed by atoms with E-state index in [0.717, 1.165) is 19.3 Å². The van der Waals surface area contributed by atoms with Crippen molar-refractivity contribution < 1.29 is 14.3 Å². The van der Waals surface area contributed by atoms with E-state index >= 15 is 0 Å². The SMILES string of the molecule is O=C1C=CCCCCCCCCCCCC1.O=C1CC=CO1. The summed E-state index contributed by atoms with van der Waals surface area (Å²) in [5.74, 6) is 0.171. The lowest BCUT2D eigenvalue weighted by atomic mass is 10.1. The topological polar surface area (TPSA) is 43.4 Å². The van der Waals surface area contributed by atoms with Crippen molar-refractivity contribution in [2.45, 2.75) is 83.5 Å². The molecule has 2 rings (SSSR count). The van der Waals surface area contributed by atoms with Crippen molar-refractivity contribution in [3.05, 3.63) is 24.5 Å². The summed E-state index contributed by atoms with van der Waals surface area (Å²) in [4.78, 5) is 21.4. The maximum absolute atomic E-state index is 11.4. The maximum atomic E-state index is 11.4. The van der Waals surface area contributed by atoms with Gasteiger partial charge < -0.3 is 4.74 Å². The van der Waals surface area contributed by atoms with E-state index in [-0.39, 0.29) is 5.97 Å². The van der Waals surface area contributed by atoms with Crippen LogP contribution in [0.15, 0.2) is 24.5 Å². The second kappa shape index (κ2) is 13.3. The molecule has 0 radical (unpaired) electrons. The van der Waals surface area contributed by atoms with Crippen molar-refractivity contribution in [2.75, 3.05) is 0 Å². The largest absolute Gasteiger partial charge is 0.435 e. The Bertz CT molecular complexity index is 359. The minimum absolute atomic E-state index is 0.157. The van der Waals surface area contributed by atoms with Crippen molar-refractivity contribution in [3.63, 3.8) is 0 Å². The second-order valence-corrected chi connectivity index (χ2v) is 6.01. The number of hydrogen-bond donors (Lipinski definition) is 0. The molecule has 0 saturated heterocycles. The summed E-state index contributed by atoms with van der Waals surface area (Å²) >= 11 is 0. The van der Waals surface area contributed by atoms with Crippen LogP contribution < -0.4 is 0 Å². The van der Waals surface area contributed by atoms with Crippen LogP contribution in [0.4, 0.5) is 0 Å². The van der Waals surface area contributed by atoms with Crippen molar-refractivity contribution in [2.24, 2.45) is 0 Å². The van der Waals surface area contributed by atoms with Gasteiger partial charge in [0.15, 0.2) is 5.78 Å². The molecule has 0 saturated carbocycles. The number of ether oxygens (including phenoxy) is 1. The number of allylic oxidation sites excluding steroid dienone is 2. The zero-order valence-corrected chi connectivity index (χ0v) is 13.7. The minimum atomic E-state index is -0.157. The molecule has 3 nitrogen and oxygen atoms in total. The highest BCUT2D eigenvalue weighted by molar-refractivity contribution is 5.89. The lowest BCUT2D eigenvalue weighted by molar-refractivity contribution is -0.135. The highest BCUT2D eigenvalue weighted by atomic mass is 16.5. The fraction of sp³-hybridized carbons (Fsp3) is 0.684. The van der Waals surface area contributed by atoms with Crippen molar-refractivity contribution in [1.82, 2.24) is 0 Å². The van der Waals surface area contributed by atoms with E-state index < -0.39 is 0 Å². The summed E-state index contributed by atoms with van der Waals surface area (Å²) in [6.45, 7) is 0. The molecule has 0 bridgehead atoms. The summed E-state index contributed by atoms with van der Waals surface area (Å²) in [6.07, 6.45) is 22.4. The Hall–Kier alpha value is -1.38. The lowest BCUT2D eigenvalue weighted by Crippen LogP contribution is -1.92. The second-order valence-electron chi connectivity index (χ2n) is 6.01. The molecule has 1 heterocycles. The molecule has 0 aromatic carbocycles. The minimum Gasteiger partial charge on any atom is -0.435 e. The van der Waals surface area contributed by atoms with E-state index in [4.69, 9.17) is 0 Å². The molecule has 0 aromatic rings. The van der Waals surface area contributed by atoms with Crippen molar-refractivity contribution in [1.29, 1.82) is 0 Å². The fourth-order valence-electron chi connectivity index (χ4n) is 2.59. The van der Waals surface area contributed by atoms with Crippen molar-refractivity contribution >= 4 is 11.8 Å². The summed E-state index contributed by atoms with van der Waals surface area (Å²) in [7, 11) is 0. The first-order chi connectivity index (χ1) is 10.8. The molecule has 0 unspecified atom stereocenters. The average Bonchev–Trinajstić information content (AvgIpc) is 2.98. The van der Waals surface area contributed by atoms with Gasteiger partial charge in [0, 0.05) is 6.42 Å². The van der Waals surface area contributed by atoms with Gasteiger partial charge in [0.1, 0.15) is 0 Å². The van der Waals surface area contributed by atoms with Gasteiger partial charge >= 0.3 is 5.97 Å². The first kappa shape index (κ1) is 18.7. The number of carbonyl (C=O) groups is 2. The number of ketones is 1. The van der Waals surface area contributed by atoms with E-state index in [1.165, 1.54) is 64.0 Å². The Balaban J connectivity index is 0.000000335. The van der Waals surface area contributed by atoms with Crippen LogP contribution in [0.5, 0.6) is 0 Å². The van der Waals surface area contributed by atoms with Crippen LogP contribution in [-0.4, -0.2) is 11.8 Å². The van der Waals surface area contributed by atoms with Gasteiger partial charge in [-0.05, 0) is 31.4 Å². The summed E-state index contributed by atoms with van der Waals surface area (Å²) < 4.78 is 4.33. The Morgan fingerprint density at radius 3 is 1.82 bits per heavy atom. The van der Waals surface area contributed by atoms with E-state index in [1.54, 1.807) is 12.2 Å². The maximum Gasteiger partial charge on any atom is 0.314 e. The van der Waals surface area contributed by atoms with Gasteiger partial charge in [-0.15, -0.1) is 0 Å². The highest BCUT2D eigenvalue weighted by Gasteiger charge is 2.01. The van der Waals surface area contributed by atoms with Crippen LogP contribution >= 0.6 is 0 Å². The highest BCUT2D eigenvalue weighted by Crippen LogP contribution is 2.13. The number of rotatable bonds is 0. The monoisotopic (exact) mass is 306 g/mol. The number of esters is 1. The van der Waals surface area contributed by atoms with Gasteiger partial charge in [-0.1, -0.05) is 57.4 Å². The van der Waals surface area contributed by atoms with Gasteiger partial charge in [0.25, 0.3) is 0 Å². The smallest absolute Gasteiger partial charge is 0.314 e. The number of cyclic esters (lactones) is 1. The van der Waals surface area contributed by atoms with E-state index in [9.17, 15) is 9.59 Å². The van der Waals surface area contributed by atoms with Gasteiger partial charge in [-0.25, -0.2) is 0 Å². The molecule has 0 fully saturated rings. The van der Waals surface area contributed by atoms with Crippen LogP contribution in [-0.2, 0) is 14.3 Å². The predicted octanol–water partition coefficient (Wildman–Crippen LogP) is 5.25. The third-order valence-corrected chi connectivity index (χ3v) is 3.93. The lowest BCUT2D eigenvalue weighted by Gasteiger charge is -2.01. The molecule has 1 aliphatic carbocycles. The van der Waals surface area contributed by atoms with Crippen LogP contribution in [0, 0.1) is 0 Å². The molecule has 0 amide bonds. The summed E-state index contributed by atoms with van der Waals surface area (Å²) in [6, 6.07) is 0. The molecule has 124 valence electrons. The fourth-order valence-corrected chi connectivity index (χ4v) is 2.59. The van der Waals surface area contributed by atoms with Gasteiger partial charge in [0.05, 0.1) is 12.7 Å². The van der Waals surface area contributed by atoms with Crippen LogP contribution in [0.1, 0.15) is 83.5 Å². The summed E-state index contributed by atoms with van der Waals surface area (Å²) in [5.41, 5.74) is 0.